The molecule has 10 heteroatoms. The summed E-state index contributed by atoms with van der Waals surface area (Å²) in [5.74, 6) is 1.08. The Morgan fingerprint density at radius 2 is 2.00 bits per heavy atom. The van der Waals surface area contributed by atoms with Gasteiger partial charge in [-0.2, -0.15) is 15.0 Å². The summed E-state index contributed by atoms with van der Waals surface area (Å²) in [4.78, 5) is 12.5. The zero-order valence-corrected chi connectivity index (χ0v) is 12.6. The minimum Gasteiger partial charge on any atom is -0.398 e. The standard InChI is InChI=1S/C12H16N6O3S/c1-7-15-11(14-4-5-19)18-12(16-7)17-8-2-3-9(13)10(6-8)22(20)21/h2-3,6,19H,4-5,13H2,1H3,(H,20,21)(H2,14,15,16,17,18). The predicted octanol–water partition coefficient (Wildman–Crippen LogP) is 0.491. The lowest BCUT2D eigenvalue weighted by Gasteiger charge is -2.09. The molecule has 1 heterocycles. The van der Waals surface area contributed by atoms with Crippen LogP contribution in [0.4, 0.5) is 23.3 Å². The molecule has 2 rings (SSSR count). The van der Waals surface area contributed by atoms with E-state index in [0.29, 0.717) is 24.0 Å². The van der Waals surface area contributed by atoms with Crippen LogP contribution in [-0.4, -0.2) is 42.0 Å². The van der Waals surface area contributed by atoms with Gasteiger partial charge < -0.3 is 26.0 Å². The van der Waals surface area contributed by atoms with E-state index in [0.717, 1.165) is 0 Å². The van der Waals surface area contributed by atoms with Crippen LogP contribution in [0.5, 0.6) is 0 Å². The molecule has 0 aliphatic carbocycles. The van der Waals surface area contributed by atoms with E-state index in [1.54, 1.807) is 13.0 Å². The highest BCUT2D eigenvalue weighted by atomic mass is 32.2. The van der Waals surface area contributed by atoms with Crippen molar-refractivity contribution in [2.24, 2.45) is 0 Å². The Balaban J connectivity index is 2.25. The molecule has 0 aliphatic heterocycles. The lowest BCUT2D eigenvalue weighted by Crippen LogP contribution is -2.11. The molecule has 0 fully saturated rings. The fourth-order valence-corrected chi connectivity index (χ4v) is 2.17. The summed E-state index contributed by atoms with van der Waals surface area (Å²) in [5, 5.41) is 14.6. The first-order valence-electron chi connectivity index (χ1n) is 6.34. The van der Waals surface area contributed by atoms with Gasteiger partial charge in [0.15, 0.2) is 11.1 Å². The quantitative estimate of drug-likeness (QED) is 0.378. The van der Waals surface area contributed by atoms with E-state index in [9.17, 15) is 4.21 Å². The summed E-state index contributed by atoms with van der Waals surface area (Å²) in [7, 11) is 0. The number of nitrogens with zero attached hydrogens (tertiary/aromatic N) is 3. The Bertz CT molecular complexity index is 697. The number of rotatable bonds is 6. The smallest absolute Gasteiger partial charge is 0.232 e. The number of aromatic nitrogens is 3. The second-order valence-electron chi connectivity index (χ2n) is 4.31. The van der Waals surface area contributed by atoms with Crippen LogP contribution in [0.25, 0.3) is 0 Å². The van der Waals surface area contributed by atoms with E-state index in [1.165, 1.54) is 12.1 Å². The minimum absolute atomic E-state index is 0.0445. The van der Waals surface area contributed by atoms with Crippen molar-refractivity contribution in [3.63, 3.8) is 0 Å². The van der Waals surface area contributed by atoms with Crippen molar-refractivity contribution in [2.45, 2.75) is 11.8 Å². The highest BCUT2D eigenvalue weighted by molar-refractivity contribution is 7.79. The molecule has 1 aromatic heterocycles. The van der Waals surface area contributed by atoms with E-state index in [2.05, 4.69) is 25.6 Å². The summed E-state index contributed by atoms with van der Waals surface area (Å²) < 4.78 is 20.4. The molecule has 9 nitrogen and oxygen atoms in total. The van der Waals surface area contributed by atoms with E-state index < -0.39 is 11.1 Å². The molecule has 0 bridgehead atoms. The van der Waals surface area contributed by atoms with Crippen LogP contribution in [-0.2, 0) is 11.1 Å². The number of nitrogens with two attached hydrogens (primary N) is 1. The third-order valence-electron chi connectivity index (χ3n) is 2.60. The maximum absolute atomic E-state index is 11.2. The molecule has 0 saturated carbocycles. The van der Waals surface area contributed by atoms with Crippen molar-refractivity contribution in [3.05, 3.63) is 24.0 Å². The van der Waals surface area contributed by atoms with Gasteiger partial charge in [-0.1, -0.05) is 0 Å². The van der Waals surface area contributed by atoms with Crippen LogP contribution >= 0.6 is 0 Å². The van der Waals surface area contributed by atoms with Gasteiger partial charge in [0, 0.05) is 12.2 Å². The number of nitrogen functional groups attached to an aromatic ring is 1. The van der Waals surface area contributed by atoms with Crippen molar-refractivity contribution in [2.75, 3.05) is 29.5 Å². The van der Waals surface area contributed by atoms with Gasteiger partial charge >= 0.3 is 0 Å². The summed E-state index contributed by atoms with van der Waals surface area (Å²) in [6, 6.07) is 4.61. The first-order valence-corrected chi connectivity index (χ1v) is 7.45. The van der Waals surface area contributed by atoms with Crippen molar-refractivity contribution in [1.29, 1.82) is 0 Å². The molecular weight excluding hydrogens is 308 g/mol. The number of aliphatic hydroxyl groups is 1. The summed E-state index contributed by atoms with van der Waals surface area (Å²) in [6.45, 7) is 1.98. The SMILES string of the molecule is Cc1nc(NCCO)nc(Nc2ccc(N)c(S(=O)O)c2)n1. The Kier molecular flexibility index (Phi) is 5.20. The monoisotopic (exact) mass is 324 g/mol. The molecule has 0 aliphatic rings. The number of aliphatic hydroxyl groups excluding tert-OH is 1. The Hall–Kier alpha value is -2.30. The van der Waals surface area contributed by atoms with Crippen LogP contribution in [0.1, 0.15) is 5.82 Å². The molecule has 1 unspecified atom stereocenters. The maximum Gasteiger partial charge on any atom is 0.232 e. The van der Waals surface area contributed by atoms with Gasteiger partial charge in [0.1, 0.15) is 5.82 Å². The number of anilines is 4. The van der Waals surface area contributed by atoms with Gasteiger partial charge in [-0.25, -0.2) is 4.21 Å². The summed E-state index contributed by atoms with van der Waals surface area (Å²) in [5.41, 5.74) is 6.38. The largest absolute Gasteiger partial charge is 0.398 e. The van der Waals surface area contributed by atoms with Gasteiger partial charge in [-0.05, 0) is 25.1 Å². The van der Waals surface area contributed by atoms with Crippen molar-refractivity contribution in [3.8, 4) is 0 Å². The predicted molar refractivity (Wildman–Crippen MR) is 83.3 cm³/mol. The first-order chi connectivity index (χ1) is 10.5. The average Bonchev–Trinajstić information content (AvgIpc) is 2.46. The second kappa shape index (κ2) is 7.11. The van der Waals surface area contributed by atoms with E-state index in [-0.39, 0.29) is 23.1 Å². The summed E-state index contributed by atoms with van der Waals surface area (Å²) in [6.07, 6.45) is 0. The number of hydrogen-bond donors (Lipinski definition) is 5. The van der Waals surface area contributed by atoms with E-state index in [1.807, 2.05) is 0 Å². The molecule has 1 aromatic carbocycles. The Labute approximate surface area is 129 Å². The Morgan fingerprint density at radius 3 is 2.68 bits per heavy atom. The molecule has 0 saturated heterocycles. The highest BCUT2D eigenvalue weighted by Crippen LogP contribution is 2.22. The molecule has 0 spiro atoms. The molecule has 0 amide bonds. The minimum atomic E-state index is -2.18. The van der Waals surface area contributed by atoms with Crippen LogP contribution < -0.4 is 16.4 Å². The molecule has 1 atom stereocenters. The lowest BCUT2D eigenvalue weighted by molar-refractivity contribution is 0.310. The number of aryl methyl sites for hydroxylation is 1. The second-order valence-corrected chi connectivity index (χ2v) is 5.25. The van der Waals surface area contributed by atoms with Crippen molar-refractivity contribution < 1.29 is 13.9 Å². The van der Waals surface area contributed by atoms with Gasteiger partial charge in [0.25, 0.3) is 0 Å². The molecule has 0 radical (unpaired) electrons. The number of nitrogens with one attached hydrogen (secondary N) is 2. The lowest BCUT2D eigenvalue weighted by atomic mass is 10.3. The highest BCUT2D eigenvalue weighted by Gasteiger charge is 2.09. The third-order valence-corrected chi connectivity index (χ3v) is 3.33. The topological polar surface area (TPSA) is 146 Å². The van der Waals surface area contributed by atoms with Gasteiger partial charge in [-0.15, -0.1) is 0 Å². The first kappa shape index (κ1) is 16.1. The summed E-state index contributed by atoms with van der Waals surface area (Å²) >= 11 is -2.18. The third kappa shape index (κ3) is 4.10. The van der Waals surface area contributed by atoms with Crippen LogP contribution in [0.3, 0.4) is 0 Å². The van der Waals surface area contributed by atoms with Crippen molar-refractivity contribution in [1.82, 2.24) is 15.0 Å². The zero-order chi connectivity index (χ0) is 16.1. The maximum atomic E-state index is 11.2. The molecule has 22 heavy (non-hydrogen) atoms. The molecule has 2 aromatic rings. The number of hydrogen-bond acceptors (Lipinski definition) is 8. The zero-order valence-electron chi connectivity index (χ0n) is 11.8. The average molecular weight is 324 g/mol. The number of benzene rings is 1. The van der Waals surface area contributed by atoms with E-state index in [4.69, 9.17) is 15.4 Å². The van der Waals surface area contributed by atoms with Crippen LogP contribution in [0, 0.1) is 6.92 Å². The fraction of sp³-hybridized carbons (Fsp3) is 0.250. The van der Waals surface area contributed by atoms with Gasteiger partial charge in [0.2, 0.25) is 11.9 Å². The Morgan fingerprint density at radius 1 is 1.27 bits per heavy atom. The van der Waals surface area contributed by atoms with E-state index >= 15 is 0 Å². The molecule has 6 N–H and O–H groups in total. The fourth-order valence-electron chi connectivity index (χ4n) is 1.68. The van der Waals surface area contributed by atoms with Crippen LogP contribution in [0.15, 0.2) is 23.1 Å². The van der Waals surface area contributed by atoms with Crippen LogP contribution in [0.2, 0.25) is 0 Å². The van der Waals surface area contributed by atoms with Gasteiger partial charge in [-0.3, -0.25) is 0 Å². The molecular formula is C12H16N6O3S. The van der Waals surface area contributed by atoms with Crippen molar-refractivity contribution >= 4 is 34.4 Å². The van der Waals surface area contributed by atoms with Gasteiger partial charge in [0.05, 0.1) is 17.2 Å². The normalized spacial score (nSPS) is 12.0. The molecule has 118 valence electrons.